The first kappa shape index (κ1) is 11.7. The Morgan fingerprint density at radius 3 is 3.11 bits per heavy atom. The van der Waals surface area contributed by atoms with E-state index in [0.29, 0.717) is 30.4 Å². The molecule has 4 atom stereocenters. The van der Waals surface area contributed by atoms with Gasteiger partial charge < -0.3 is 15.3 Å². The van der Waals surface area contributed by atoms with E-state index >= 15 is 0 Å². The Kier molecular flexibility index (Phi) is 2.61. The summed E-state index contributed by atoms with van der Waals surface area (Å²) >= 11 is 0. The zero-order valence-electron chi connectivity index (χ0n) is 11.5. The van der Waals surface area contributed by atoms with Gasteiger partial charge in [-0.2, -0.15) is 0 Å². The fraction of sp³-hybridized carbons (Fsp3) is 0.625. The van der Waals surface area contributed by atoms with Gasteiger partial charge in [-0.05, 0) is 43.0 Å². The second-order valence-corrected chi connectivity index (χ2v) is 6.52. The molecule has 0 bridgehead atoms. The normalized spacial score (nSPS) is 36.5. The smallest absolute Gasteiger partial charge is 0.0471 e. The van der Waals surface area contributed by atoms with E-state index in [4.69, 9.17) is 0 Å². The van der Waals surface area contributed by atoms with E-state index in [1.54, 1.807) is 11.1 Å². The summed E-state index contributed by atoms with van der Waals surface area (Å²) in [7, 11) is 2.23. The predicted molar refractivity (Wildman–Crippen MR) is 76.6 cm³/mol. The van der Waals surface area contributed by atoms with Gasteiger partial charge in [0.1, 0.15) is 0 Å². The third-order valence-corrected chi connectivity index (χ3v) is 5.43. The Morgan fingerprint density at radius 2 is 2.26 bits per heavy atom. The summed E-state index contributed by atoms with van der Waals surface area (Å²) < 4.78 is 0. The highest BCUT2D eigenvalue weighted by Gasteiger charge is 2.43. The van der Waals surface area contributed by atoms with Crippen LogP contribution in [0.2, 0.25) is 0 Å². The van der Waals surface area contributed by atoms with Crippen LogP contribution in [0.1, 0.15) is 35.8 Å². The molecule has 0 saturated carbocycles. The predicted octanol–water partition coefficient (Wildman–Crippen LogP) is 2.00. The van der Waals surface area contributed by atoms with E-state index in [1.165, 1.54) is 12.1 Å². The number of hydrogen-bond donors (Lipinski definition) is 2. The van der Waals surface area contributed by atoms with Gasteiger partial charge >= 0.3 is 0 Å². The lowest BCUT2D eigenvalue weighted by Gasteiger charge is -2.47. The monoisotopic (exact) mass is 258 g/mol. The maximum absolute atomic E-state index is 9.53. The highest BCUT2D eigenvalue weighted by molar-refractivity contribution is 5.63. The van der Waals surface area contributed by atoms with Crippen LogP contribution in [0.15, 0.2) is 18.2 Å². The molecule has 1 aliphatic carbocycles. The molecule has 0 spiro atoms. The molecule has 1 aromatic rings. The fourth-order valence-electron chi connectivity index (χ4n) is 4.60. The molecule has 19 heavy (non-hydrogen) atoms. The minimum Gasteiger partial charge on any atom is -0.396 e. The number of likely N-dealkylation sites (N-methyl/N-ethyl adjacent to an activating group) is 1. The molecule has 1 saturated heterocycles. The first-order valence-electron chi connectivity index (χ1n) is 7.45. The van der Waals surface area contributed by atoms with Crippen molar-refractivity contribution in [2.75, 3.05) is 32.1 Å². The van der Waals surface area contributed by atoms with E-state index in [9.17, 15) is 5.11 Å². The Hall–Kier alpha value is -1.06. The zero-order chi connectivity index (χ0) is 13.0. The Morgan fingerprint density at radius 1 is 1.37 bits per heavy atom. The van der Waals surface area contributed by atoms with Crippen LogP contribution in [-0.4, -0.2) is 42.8 Å². The van der Waals surface area contributed by atoms with E-state index in [0.717, 1.165) is 19.5 Å². The quantitative estimate of drug-likeness (QED) is 0.808. The molecule has 0 aromatic heterocycles. The number of nitrogens with one attached hydrogen (secondary N) is 1. The van der Waals surface area contributed by atoms with Gasteiger partial charge in [0.05, 0.1) is 0 Å². The SMILES string of the molecule is CN1CC(CO)CC2c3cccc4c3C(CN4)C[C@H]21. The number of rotatable bonds is 1. The Balaban J connectivity index is 1.78. The largest absolute Gasteiger partial charge is 0.396 e. The molecule has 1 fully saturated rings. The second kappa shape index (κ2) is 4.22. The lowest BCUT2D eigenvalue weighted by molar-refractivity contribution is 0.0660. The molecule has 102 valence electrons. The van der Waals surface area contributed by atoms with Gasteiger partial charge in [0.25, 0.3) is 0 Å². The van der Waals surface area contributed by atoms with Crippen molar-refractivity contribution in [3.05, 3.63) is 29.3 Å². The lowest BCUT2D eigenvalue weighted by Crippen LogP contribution is -2.48. The number of fused-ring (bicyclic) bond motifs is 2. The van der Waals surface area contributed by atoms with Crippen LogP contribution in [0.25, 0.3) is 0 Å². The molecule has 1 aromatic carbocycles. The third-order valence-electron chi connectivity index (χ3n) is 5.43. The van der Waals surface area contributed by atoms with E-state index < -0.39 is 0 Å². The van der Waals surface area contributed by atoms with Gasteiger partial charge in [0.2, 0.25) is 0 Å². The number of piperidine rings is 1. The number of nitrogens with zero attached hydrogens (tertiary/aromatic N) is 1. The van der Waals surface area contributed by atoms with E-state index in [2.05, 4.69) is 35.5 Å². The molecule has 0 radical (unpaired) electrons. The number of benzene rings is 1. The van der Waals surface area contributed by atoms with Crippen molar-refractivity contribution >= 4 is 5.69 Å². The van der Waals surface area contributed by atoms with Crippen molar-refractivity contribution in [3.8, 4) is 0 Å². The van der Waals surface area contributed by atoms with Crippen LogP contribution in [0.4, 0.5) is 5.69 Å². The van der Waals surface area contributed by atoms with Crippen LogP contribution < -0.4 is 5.32 Å². The summed E-state index contributed by atoms with van der Waals surface area (Å²) in [6.45, 7) is 2.48. The molecule has 2 N–H and O–H groups in total. The highest BCUT2D eigenvalue weighted by Crippen LogP contribution is 2.50. The zero-order valence-corrected chi connectivity index (χ0v) is 11.5. The van der Waals surface area contributed by atoms with Crippen LogP contribution >= 0.6 is 0 Å². The topological polar surface area (TPSA) is 35.5 Å². The number of aliphatic hydroxyl groups is 1. The van der Waals surface area contributed by atoms with Crippen molar-refractivity contribution in [1.82, 2.24) is 4.90 Å². The standard InChI is InChI=1S/C16H22N2O/c1-18-8-10(9-19)5-13-12-3-2-4-14-16(12)11(7-17-14)6-15(13)18/h2-4,10-11,13,15,17,19H,5-9H2,1H3/t10?,11?,13?,15-/m1/s1. The van der Waals surface area contributed by atoms with Crippen LogP contribution in [-0.2, 0) is 0 Å². The second-order valence-electron chi connectivity index (χ2n) is 6.52. The summed E-state index contributed by atoms with van der Waals surface area (Å²) in [6, 6.07) is 7.39. The minimum atomic E-state index is 0.324. The Bertz CT molecular complexity index is 502. The third kappa shape index (κ3) is 1.65. The van der Waals surface area contributed by atoms with Crippen LogP contribution in [0, 0.1) is 5.92 Å². The van der Waals surface area contributed by atoms with Crippen molar-refractivity contribution in [1.29, 1.82) is 0 Å². The van der Waals surface area contributed by atoms with E-state index in [1.807, 2.05) is 0 Å². The molecular weight excluding hydrogens is 236 g/mol. The number of hydrogen-bond acceptors (Lipinski definition) is 3. The lowest BCUT2D eigenvalue weighted by atomic mass is 9.69. The molecule has 0 amide bonds. The molecule has 2 heterocycles. The summed E-state index contributed by atoms with van der Waals surface area (Å²) in [5.74, 6) is 1.75. The first-order valence-corrected chi connectivity index (χ1v) is 7.45. The first-order chi connectivity index (χ1) is 9.28. The van der Waals surface area contributed by atoms with Gasteiger partial charge in [-0.3, -0.25) is 0 Å². The summed E-state index contributed by atoms with van der Waals surface area (Å²) in [5.41, 5.74) is 4.49. The summed E-state index contributed by atoms with van der Waals surface area (Å²) in [5, 5.41) is 13.1. The van der Waals surface area contributed by atoms with Crippen LogP contribution in [0.3, 0.4) is 0 Å². The van der Waals surface area contributed by atoms with Gasteiger partial charge in [-0.1, -0.05) is 12.1 Å². The summed E-state index contributed by atoms with van der Waals surface area (Å²) in [4.78, 5) is 2.49. The minimum absolute atomic E-state index is 0.324. The van der Waals surface area contributed by atoms with Crippen LogP contribution in [0.5, 0.6) is 0 Å². The maximum Gasteiger partial charge on any atom is 0.0471 e. The van der Waals surface area contributed by atoms with Crippen molar-refractivity contribution in [3.63, 3.8) is 0 Å². The molecule has 3 unspecified atom stereocenters. The maximum atomic E-state index is 9.53. The Labute approximate surface area is 114 Å². The van der Waals surface area contributed by atoms with E-state index in [-0.39, 0.29) is 0 Å². The van der Waals surface area contributed by atoms with Gasteiger partial charge in [-0.15, -0.1) is 0 Å². The highest BCUT2D eigenvalue weighted by atomic mass is 16.3. The average Bonchev–Trinajstić information content (AvgIpc) is 2.85. The van der Waals surface area contributed by atoms with Gasteiger partial charge in [-0.25, -0.2) is 0 Å². The van der Waals surface area contributed by atoms with Crippen molar-refractivity contribution < 1.29 is 5.11 Å². The number of anilines is 1. The van der Waals surface area contributed by atoms with Gasteiger partial charge in [0.15, 0.2) is 0 Å². The molecule has 3 heteroatoms. The molecular formula is C16H22N2O. The summed E-state index contributed by atoms with van der Waals surface area (Å²) in [6.07, 6.45) is 2.42. The molecule has 4 rings (SSSR count). The van der Waals surface area contributed by atoms with Gasteiger partial charge in [0, 0.05) is 43.3 Å². The number of aliphatic hydroxyl groups excluding tert-OH is 1. The van der Waals surface area contributed by atoms with Crippen molar-refractivity contribution in [2.24, 2.45) is 5.92 Å². The fourth-order valence-corrected chi connectivity index (χ4v) is 4.60. The number of likely N-dealkylation sites (tertiary alicyclic amines) is 1. The average molecular weight is 258 g/mol. The molecule has 3 aliphatic rings. The molecule has 3 nitrogen and oxygen atoms in total. The van der Waals surface area contributed by atoms with Crippen molar-refractivity contribution in [2.45, 2.75) is 30.7 Å². The molecule has 2 aliphatic heterocycles.